The molecule has 0 unspecified atom stereocenters. The highest BCUT2D eigenvalue weighted by Crippen LogP contribution is 2.24. The van der Waals surface area contributed by atoms with Crippen LogP contribution in [0.1, 0.15) is 27.2 Å². The summed E-state index contributed by atoms with van der Waals surface area (Å²) in [6.45, 7) is 5.15. The van der Waals surface area contributed by atoms with E-state index in [0.29, 0.717) is 22.5 Å². The zero-order valence-corrected chi connectivity index (χ0v) is 11.5. The van der Waals surface area contributed by atoms with Crippen LogP contribution in [0.4, 0.5) is 15.9 Å². The summed E-state index contributed by atoms with van der Waals surface area (Å²) in [7, 11) is 0. The molecule has 20 heavy (non-hydrogen) atoms. The van der Waals surface area contributed by atoms with Gasteiger partial charge in [-0.05, 0) is 50.1 Å². The maximum atomic E-state index is 13.5. The van der Waals surface area contributed by atoms with E-state index < -0.39 is 5.97 Å². The average Bonchev–Trinajstić information content (AvgIpc) is 2.32. The summed E-state index contributed by atoms with van der Waals surface area (Å²) in [6.07, 6.45) is 0. The highest BCUT2D eigenvalue weighted by Gasteiger charge is 2.16. The van der Waals surface area contributed by atoms with E-state index in [-0.39, 0.29) is 17.2 Å². The molecule has 2 rings (SSSR count). The number of hydrogen-bond acceptors (Lipinski definition) is 3. The second kappa shape index (κ2) is 5.28. The third kappa shape index (κ3) is 2.77. The van der Waals surface area contributed by atoms with Crippen LogP contribution in [0, 0.1) is 26.6 Å². The Balaban J connectivity index is 2.47. The van der Waals surface area contributed by atoms with E-state index in [9.17, 15) is 14.3 Å². The molecule has 0 atom stereocenters. The maximum Gasteiger partial charge on any atom is 0.339 e. The van der Waals surface area contributed by atoms with Gasteiger partial charge in [0.25, 0.3) is 0 Å². The number of nitrogens with zero attached hydrogens (tertiary/aromatic N) is 1. The highest BCUT2D eigenvalue weighted by atomic mass is 19.1. The molecule has 0 aliphatic heterocycles. The maximum absolute atomic E-state index is 13.5. The van der Waals surface area contributed by atoms with E-state index in [1.165, 1.54) is 6.07 Å². The van der Waals surface area contributed by atoms with Crippen LogP contribution >= 0.6 is 0 Å². The molecule has 0 aliphatic rings. The number of carboxylic acid groups (broad SMARTS) is 1. The molecule has 0 saturated heterocycles. The minimum absolute atomic E-state index is 0.0941. The first kappa shape index (κ1) is 14.0. The number of carbonyl (C=O) groups is 1. The number of rotatable bonds is 3. The van der Waals surface area contributed by atoms with Crippen molar-refractivity contribution in [2.45, 2.75) is 20.8 Å². The number of carboxylic acids is 1. The molecule has 1 heterocycles. The van der Waals surface area contributed by atoms with Crippen molar-refractivity contribution in [2.75, 3.05) is 5.32 Å². The Morgan fingerprint density at radius 1 is 1.20 bits per heavy atom. The Morgan fingerprint density at radius 2 is 1.90 bits per heavy atom. The Kier molecular flexibility index (Phi) is 3.70. The number of halogens is 1. The summed E-state index contributed by atoms with van der Waals surface area (Å²) in [5, 5.41) is 12.1. The van der Waals surface area contributed by atoms with Crippen LogP contribution in [-0.2, 0) is 0 Å². The van der Waals surface area contributed by atoms with Crippen molar-refractivity contribution in [3.63, 3.8) is 0 Å². The minimum atomic E-state index is -1.06. The molecule has 2 aromatic rings. The van der Waals surface area contributed by atoms with E-state index in [1.54, 1.807) is 39.0 Å². The summed E-state index contributed by atoms with van der Waals surface area (Å²) in [5.41, 5.74) is 2.40. The monoisotopic (exact) mass is 274 g/mol. The van der Waals surface area contributed by atoms with E-state index in [1.807, 2.05) is 0 Å². The minimum Gasteiger partial charge on any atom is -0.478 e. The lowest BCUT2D eigenvalue weighted by atomic mass is 10.1. The van der Waals surface area contributed by atoms with Gasteiger partial charge < -0.3 is 10.4 Å². The van der Waals surface area contributed by atoms with Gasteiger partial charge in [0.2, 0.25) is 0 Å². The van der Waals surface area contributed by atoms with Crippen LogP contribution in [0.25, 0.3) is 0 Å². The van der Waals surface area contributed by atoms with E-state index in [0.717, 1.165) is 0 Å². The molecule has 2 N–H and O–H groups in total. The van der Waals surface area contributed by atoms with Crippen molar-refractivity contribution < 1.29 is 14.3 Å². The summed E-state index contributed by atoms with van der Waals surface area (Å²) in [4.78, 5) is 15.5. The van der Waals surface area contributed by atoms with Gasteiger partial charge in [-0.15, -0.1) is 0 Å². The fraction of sp³-hybridized carbons (Fsp3) is 0.200. The number of benzene rings is 1. The van der Waals surface area contributed by atoms with Gasteiger partial charge in [-0.3, -0.25) is 0 Å². The number of aromatic carboxylic acids is 1. The second-order valence-corrected chi connectivity index (χ2v) is 4.70. The first-order chi connectivity index (χ1) is 9.38. The third-order valence-electron chi connectivity index (χ3n) is 2.99. The van der Waals surface area contributed by atoms with Crippen LogP contribution in [0.3, 0.4) is 0 Å². The Bertz CT molecular complexity index is 684. The molecule has 0 amide bonds. The molecule has 1 aromatic carbocycles. The smallest absolute Gasteiger partial charge is 0.339 e. The van der Waals surface area contributed by atoms with Crippen LogP contribution in [0.5, 0.6) is 0 Å². The Labute approximate surface area is 116 Å². The number of pyridine rings is 1. The molecular formula is C15H15FN2O2. The van der Waals surface area contributed by atoms with Crippen molar-refractivity contribution >= 4 is 17.5 Å². The van der Waals surface area contributed by atoms with Crippen LogP contribution in [0.15, 0.2) is 24.3 Å². The number of hydrogen-bond donors (Lipinski definition) is 2. The van der Waals surface area contributed by atoms with Crippen molar-refractivity contribution in [2.24, 2.45) is 0 Å². The van der Waals surface area contributed by atoms with Gasteiger partial charge in [0, 0.05) is 11.4 Å². The number of anilines is 2. The molecule has 0 radical (unpaired) electrons. The zero-order valence-electron chi connectivity index (χ0n) is 11.5. The topological polar surface area (TPSA) is 62.2 Å². The van der Waals surface area contributed by atoms with Gasteiger partial charge in [0.05, 0.1) is 0 Å². The van der Waals surface area contributed by atoms with Crippen molar-refractivity contribution in [1.29, 1.82) is 0 Å². The van der Waals surface area contributed by atoms with Crippen molar-refractivity contribution in [3.05, 3.63) is 52.5 Å². The lowest BCUT2D eigenvalue weighted by Crippen LogP contribution is -2.08. The fourth-order valence-electron chi connectivity index (χ4n) is 2.00. The molecular weight excluding hydrogens is 259 g/mol. The summed E-state index contributed by atoms with van der Waals surface area (Å²) >= 11 is 0. The summed E-state index contributed by atoms with van der Waals surface area (Å²) < 4.78 is 13.5. The van der Waals surface area contributed by atoms with Crippen LogP contribution in [-0.4, -0.2) is 16.1 Å². The quantitative estimate of drug-likeness (QED) is 0.897. The molecule has 5 heteroatoms. The SMILES string of the molecule is Cc1cc(C)c(C(=O)O)c(Nc2ccc(C)c(F)c2)n1. The van der Waals surface area contributed by atoms with E-state index in [4.69, 9.17) is 0 Å². The van der Waals surface area contributed by atoms with Crippen molar-refractivity contribution in [1.82, 2.24) is 4.98 Å². The molecule has 0 spiro atoms. The first-order valence-corrected chi connectivity index (χ1v) is 6.13. The van der Waals surface area contributed by atoms with Gasteiger partial charge >= 0.3 is 5.97 Å². The summed E-state index contributed by atoms with van der Waals surface area (Å²) in [6, 6.07) is 6.33. The molecule has 1 aromatic heterocycles. The summed E-state index contributed by atoms with van der Waals surface area (Å²) in [5.74, 6) is -1.19. The zero-order chi connectivity index (χ0) is 14.9. The van der Waals surface area contributed by atoms with E-state index in [2.05, 4.69) is 10.3 Å². The highest BCUT2D eigenvalue weighted by molar-refractivity contribution is 5.95. The lowest BCUT2D eigenvalue weighted by molar-refractivity contribution is 0.0697. The lowest BCUT2D eigenvalue weighted by Gasteiger charge is -2.12. The number of aryl methyl sites for hydroxylation is 3. The standard InChI is InChI=1S/C15H15FN2O2/c1-8-4-5-11(7-12(8)16)18-14-13(15(19)20)9(2)6-10(3)17-14/h4-7H,1-3H3,(H,17,18)(H,19,20). The largest absolute Gasteiger partial charge is 0.478 e. The van der Waals surface area contributed by atoms with Crippen LogP contribution < -0.4 is 5.32 Å². The Hall–Kier alpha value is -2.43. The van der Waals surface area contributed by atoms with E-state index >= 15 is 0 Å². The number of nitrogens with one attached hydrogen (secondary N) is 1. The second-order valence-electron chi connectivity index (χ2n) is 4.70. The molecule has 104 valence electrons. The normalized spacial score (nSPS) is 10.4. The average molecular weight is 274 g/mol. The predicted octanol–water partition coefficient (Wildman–Crippen LogP) is 3.59. The van der Waals surface area contributed by atoms with Gasteiger partial charge in [-0.2, -0.15) is 0 Å². The first-order valence-electron chi connectivity index (χ1n) is 6.13. The van der Waals surface area contributed by atoms with Gasteiger partial charge in [-0.1, -0.05) is 6.07 Å². The third-order valence-corrected chi connectivity index (χ3v) is 2.99. The van der Waals surface area contributed by atoms with Crippen LogP contribution in [0.2, 0.25) is 0 Å². The van der Waals surface area contributed by atoms with Crippen molar-refractivity contribution in [3.8, 4) is 0 Å². The molecule has 0 saturated carbocycles. The molecule has 0 fully saturated rings. The Morgan fingerprint density at radius 3 is 2.50 bits per heavy atom. The number of aromatic nitrogens is 1. The van der Waals surface area contributed by atoms with Gasteiger partial charge in [0.15, 0.2) is 0 Å². The molecule has 0 bridgehead atoms. The molecule has 0 aliphatic carbocycles. The van der Waals surface area contributed by atoms with Gasteiger partial charge in [-0.25, -0.2) is 14.2 Å². The van der Waals surface area contributed by atoms with Gasteiger partial charge in [0.1, 0.15) is 17.2 Å². The predicted molar refractivity (Wildman–Crippen MR) is 75.1 cm³/mol. The molecule has 4 nitrogen and oxygen atoms in total. The fourth-order valence-corrected chi connectivity index (χ4v) is 2.00.